The molecule has 0 unspecified atom stereocenters. The van der Waals surface area contributed by atoms with Gasteiger partial charge in [0.05, 0.1) is 17.0 Å². The molecule has 1 aromatic heterocycles. The second-order valence-electron chi connectivity index (χ2n) is 6.46. The van der Waals surface area contributed by atoms with Gasteiger partial charge in [-0.15, -0.1) is 0 Å². The van der Waals surface area contributed by atoms with Crippen molar-refractivity contribution >= 4 is 35.0 Å². The van der Waals surface area contributed by atoms with Crippen molar-refractivity contribution in [3.63, 3.8) is 0 Å². The zero-order valence-electron chi connectivity index (χ0n) is 14.1. The number of nitrogens with zero attached hydrogens (tertiary/aromatic N) is 1. The second kappa shape index (κ2) is 7.25. The molecule has 26 heavy (non-hydrogen) atoms. The van der Waals surface area contributed by atoms with E-state index in [-0.39, 0.29) is 28.9 Å². The van der Waals surface area contributed by atoms with Crippen LogP contribution in [0.15, 0.2) is 30.6 Å². The summed E-state index contributed by atoms with van der Waals surface area (Å²) in [4.78, 5) is 27.7. The molecule has 0 saturated heterocycles. The highest BCUT2D eigenvalue weighted by Gasteiger charge is 2.45. The molecule has 0 bridgehead atoms. The fraction of sp³-hybridized carbons (Fsp3) is 0.316. The topological polar surface area (TPSA) is 76.5 Å². The minimum Gasteiger partial charge on any atom is -0.492 e. The van der Waals surface area contributed by atoms with Crippen LogP contribution in [-0.2, 0) is 16.6 Å². The minimum absolute atomic E-state index is 0.00882. The van der Waals surface area contributed by atoms with Crippen LogP contribution in [0.5, 0.6) is 5.75 Å². The number of ether oxygens (including phenoxy) is 1. The molecule has 0 fully saturated rings. The Kier molecular flexibility index (Phi) is 5.21. The van der Waals surface area contributed by atoms with E-state index in [2.05, 4.69) is 4.98 Å². The minimum atomic E-state index is -0.884. The fourth-order valence-corrected chi connectivity index (χ4v) is 3.74. The molecule has 7 heteroatoms. The Bertz CT molecular complexity index is 870. The largest absolute Gasteiger partial charge is 0.492 e. The van der Waals surface area contributed by atoms with Crippen LogP contribution < -0.4 is 4.74 Å². The fourth-order valence-electron chi connectivity index (χ4n) is 3.24. The molecule has 136 valence electrons. The summed E-state index contributed by atoms with van der Waals surface area (Å²) < 4.78 is 5.60. The van der Waals surface area contributed by atoms with Crippen molar-refractivity contribution in [1.82, 2.24) is 4.98 Å². The molecule has 0 amide bonds. The van der Waals surface area contributed by atoms with E-state index < -0.39 is 11.4 Å². The molecule has 0 spiro atoms. The van der Waals surface area contributed by atoms with Gasteiger partial charge >= 0.3 is 5.97 Å². The number of Topliss-reactive ketones (excluding diaryl/α,β-unsaturated/α-hetero) is 1. The third kappa shape index (κ3) is 3.29. The Morgan fingerprint density at radius 2 is 2.00 bits per heavy atom. The van der Waals surface area contributed by atoms with E-state index in [1.165, 1.54) is 0 Å². The lowest BCUT2D eigenvalue weighted by Gasteiger charge is -2.22. The lowest BCUT2D eigenvalue weighted by atomic mass is 9.79. The summed E-state index contributed by atoms with van der Waals surface area (Å²) in [6.07, 6.45) is 4.15. The van der Waals surface area contributed by atoms with Gasteiger partial charge in [0.1, 0.15) is 10.8 Å². The first-order valence-electron chi connectivity index (χ1n) is 8.15. The van der Waals surface area contributed by atoms with Crippen LogP contribution >= 0.6 is 23.2 Å². The average molecular weight is 394 g/mol. The monoisotopic (exact) mass is 393 g/mol. The highest BCUT2D eigenvalue weighted by Crippen LogP contribution is 2.47. The number of pyridine rings is 1. The van der Waals surface area contributed by atoms with Crippen molar-refractivity contribution in [3.8, 4) is 5.75 Å². The van der Waals surface area contributed by atoms with E-state index in [0.29, 0.717) is 24.2 Å². The van der Waals surface area contributed by atoms with Gasteiger partial charge in [0, 0.05) is 24.4 Å². The molecule has 2 aromatic rings. The molecule has 0 saturated carbocycles. The van der Waals surface area contributed by atoms with E-state index in [0.717, 1.165) is 11.1 Å². The maximum absolute atomic E-state index is 13.1. The van der Waals surface area contributed by atoms with Gasteiger partial charge in [-0.3, -0.25) is 14.6 Å². The maximum Gasteiger partial charge on any atom is 0.303 e. The predicted molar refractivity (Wildman–Crippen MR) is 98.5 cm³/mol. The summed E-state index contributed by atoms with van der Waals surface area (Å²) in [5.41, 5.74) is 1.33. The van der Waals surface area contributed by atoms with Gasteiger partial charge in [0.15, 0.2) is 5.78 Å². The van der Waals surface area contributed by atoms with Crippen molar-refractivity contribution < 1.29 is 19.4 Å². The van der Waals surface area contributed by atoms with Gasteiger partial charge in [0.2, 0.25) is 0 Å². The van der Waals surface area contributed by atoms with Crippen molar-refractivity contribution in [2.75, 3.05) is 6.61 Å². The number of ketones is 1. The van der Waals surface area contributed by atoms with Crippen LogP contribution in [0.1, 0.15) is 41.3 Å². The van der Waals surface area contributed by atoms with Crippen molar-refractivity contribution in [1.29, 1.82) is 0 Å². The van der Waals surface area contributed by atoms with Crippen LogP contribution in [-0.4, -0.2) is 28.4 Å². The molecule has 0 radical (unpaired) electrons. The van der Waals surface area contributed by atoms with Gasteiger partial charge in [-0.2, -0.15) is 0 Å². The number of carbonyl (C=O) groups excluding carboxylic acids is 1. The van der Waals surface area contributed by atoms with Crippen LogP contribution in [0.2, 0.25) is 10.0 Å². The van der Waals surface area contributed by atoms with Gasteiger partial charge in [0.25, 0.3) is 0 Å². The molecule has 1 N–H and O–H groups in total. The molecule has 1 aliphatic carbocycles. The summed E-state index contributed by atoms with van der Waals surface area (Å²) in [6.45, 7) is 2.08. The smallest absolute Gasteiger partial charge is 0.303 e. The van der Waals surface area contributed by atoms with E-state index in [1.54, 1.807) is 18.5 Å². The molecule has 1 aliphatic rings. The lowest BCUT2D eigenvalue weighted by molar-refractivity contribution is -0.137. The standard InChI is InChI=1S/C19H17Cl2NO4/c1-19(12-4-6-22-7-5-12)10-11-9-13(26-8-2-3-14(23)24)16(20)17(21)15(11)18(19)25/h4-7,9H,2-3,8,10H2,1H3,(H,23,24)/t19-/m1/s1. The van der Waals surface area contributed by atoms with Crippen LogP contribution in [0.3, 0.4) is 0 Å². The average Bonchev–Trinajstić information content (AvgIpc) is 2.88. The van der Waals surface area contributed by atoms with E-state index in [4.69, 9.17) is 33.0 Å². The number of aliphatic carboxylic acids is 1. The molecule has 3 rings (SSSR count). The number of carbonyl (C=O) groups is 2. The summed E-state index contributed by atoms with van der Waals surface area (Å²) in [5.74, 6) is -0.596. The molecule has 1 heterocycles. The summed E-state index contributed by atoms with van der Waals surface area (Å²) in [5, 5.41) is 9.04. The quantitative estimate of drug-likeness (QED) is 0.739. The number of hydrogen-bond donors (Lipinski definition) is 1. The highest BCUT2D eigenvalue weighted by atomic mass is 35.5. The van der Waals surface area contributed by atoms with Gasteiger partial charge in [-0.1, -0.05) is 23.2 Å². The van der Waals surface area contributed by atoms with Crippen LogP contribution in [0.4, 0.5) is 0 Å². The van der Waals surface area contributed by atoms with Gasteiger partial charge < -0.3 is 9.84 Å². The highest BCUT2D eigenvalue weighted by molar-refractivity contribution is 6.45. The van der Waals surface area contributed by atoms with E-state index >= 15 is 0 Å². The third-order valence-electron chi connectivity index (χ3n) is 4.64. The third-order valence-corrected chi connectivity index (χ3v) is 5.49. The Balaban J connectivity index is 1.90. The first-order chi connectivity index (χ1) is 12.3. The summed E-state index contributed by atoms with van der Waals surface area (Å²) in [6, 6.07) is 5.37. The molecular weight excluding hydrogens is 377 g/mol. The van der Waals surface area contributed by atoms with E-state index in [1.807, 2.05) is 19.1 Å². The van der Waals surface area contributed by atoms with Crippen LogP contribution in [0, 0.1) is 0 Å². The Morgan fingerprint density at radius 3 is 2.65 bits per heavy atom. The number of fused-ring (bicyclic) bond motifs is 1. The number of carboxylic acids is 1. The van der Waals surface area contributed by atoms with Gasteiger partial charge in [-0.05, 0) is 49.1 Å². The first-order valence-corrected chi connectivity index (χ1v) is 8.91. The number of halogens is 2. The number of benzene rings is 1. The molecular formula is C19H17Cl2NO4. The van der Waals surface area contributed by atoms with Gasteiger partial charge in [-0.25, -0.2) is 0 Å². The molecule has 0 aliphatic heterocycles. The maximum atomic E-state index is 13.1. The predicted octanol–water partition coefficient (Wildman–Crippen LogP) is 4.33. The molecule has 1 atom stereocenters. The summed E-state index contributed by atoms with van der Waals surface area (Å²) in [7, 11) is 0. The lowest BCUT2D eigenvalue weighted by Crippen LogP contribution is -2.29. The van der Waals surface area contributed by atoms with Crippen molar-refractivity contribution in [2.24, 2.45) is 0 Å². The van der Waals surface area contributed by atoms with Crippen LogP contribution in [0.25, 0.3) is 0 Å². The first kappa shape index (κ1) is 18.7. The SMILES string of the molecule is C[C@]1(c2ccncc2)Cc2cc(OCCCC(=O)O)c(Cl)c(Cl)c2C1=O. The Morgan fingerprint density at radius 1 is 1.31 bits per heavy atom. The number of aromatic nitrogens is 1. The molecule has 5 nitrogen and oxygen atoms in total. The van der Waals surface area contributed by atoms with E-state index in [9.17, 15) is 9.59 Å². The summed E-state index contributed by atoms with van der Waals surface area (Å²) >= 11 is 12.7. The molecule has 1 aromatic carbocycles. The normalized spacial score (nSPS) is 18.7. The Labute approximate surface area is 160 Å². The number of carboxylic acid groups (broad SMARTS) is 1. The van der Waals surface area contributed by atoms with Crippen molar-refractivity contribution in [2.45, 2.75) is 31.6 Å². The number of rotatable bonds is 6. The Hall–Kier alpha value is -2.11. The zero-order valence-corrected chi connectivity index (χ0v) is 15.6. The second-order valence-corrected chi connectivity index (χ2v) is 7.21. The number of hydrogen-bond acceptors (Lipinski definition) is 4. The van der Waals surface area contributed by atoms with Crippen molar-refractivity contribution in [3.05, 3.63) is 57.3 Å². The zero-order chi connectivity index (χ0) is 18.9.